The first-order chi connectivity index (χ1) is 7.41. The fourth-order valence-corrected chi connectivity index (χ4v) is 1.35. The van der Waals surface area contributed by atoms with E-state index in [1.54, 1.807) is 6.20 Å². The summed E-state index contributed by atoms with van der Waals surface area (Å²) in [6.07, 6.45) is 5.55. The molecule has 1 N–H and O–H groups in total. The van der Waals surface area contributed by atoms with Crippen LogP contribution in [-0.4, -0.2) is 22.0 Å². The predicted octanol–water partition coefficient (Wildman–Crippen LogP) is 1.51. The minimum absolute atomic E-state index is 0.104. The van der Waals surface area contributed by atoms with Gasteiger partial charge in [0.15, 0.2) is 0 Å². The summed E-state index contributed by atoms with van der Waals surface area (Å²) in [4.78, 5) is 15.8. The second-order valence-corrected chi connectivity index (χ2v) is 5.06. The number of aryl methyl sites for hydroxylation is 2. The van der Waals surface area contributed by atoms with Gasteiger partial charge in [-0.2, -0.15) is 0 Å². The van der Waals surface area contributed by atoms with Gasteiger partial charge in [0, 0.05) is 37.8 Å². The van der Waals surface area contributed by atoms with E-state index in [2.05, 4.69) is 10.3 Å². The number of rotatable bonds is 4. The van der Waals surface area contributed by atoms with Crippen molar-refractivity contribution in [3.05, 3.63) is 18.2 Å². The lowest BCUT2D eigenvalue weighted by Crippen LogP contribution is -2.35. The fraction of sp³-hybridized carbons (Fsp3) is 0.667. The van der Waals surface area contributed by atoms with E-state index < -0.39 is 0 Å². The molecule has 1 aromatic rings. The van der Waals surface area contributed by atoms with E-state index >= 15 is 0 Å². The van der Waals surface area contributed by atoms with Gasteiger partial charge >= 0.3 is 0 Å². The van der Waals surface area contributed by atoms with Crippen LogP contribution in [0.15, 0.2) is 12.4 Å². The van der Waals surface area contributed by atoms with Gasteiger partial charge in [-0.1, -0.05) is 20.8 Å². The third-order valence-corrected chi connectivity index (χ3v) is 2.46. The van der Waals surface area contributed by atoms with Crippen molar-refractivity contribution >= 4 is 5.91 Å². The Morgan fingerprint density at radius 1 is 1.50 bits per heavy atom. The van der Waals surface area contributed by atoms with Crippen molar-refractivity contribution < 1.29 is 4.79 Å². The highest BCUT2D eigenvalue weighted by Gasteiger charge is 2.20. The van der Waals surface area contributed by atoms with Crippen molar-refractivity contribution in [2.75, 3.05) is 6.54 Å². The number of nitrogens with zero attached hydrogens (tertiary/aromatic N) is 2. The summed E-state index contributed by atoms with van der Waals surface area (Å²) in [5.41, 5.74) is -0.302. The summed E-state index contributed by atoms with van der Waals surface area (Å²) in [5.74, 6) is 1.16. The van der Waals surface area contributed by atoms with Gasteiger partial charge < -0.3 is 9.88 Å². The van der Waals surface area contributed by atoms with Gasteiger partial charge in [0.05, 0.1) is 0 Å². The van der Waals surface area contributed by atoms with Crippen molar-refractivity contribution in [3.8, 4) is 0 Å². The molecular weight excluding hydrogens is 202 g/mol. The summed E-state index contributed by atoms with van der Waals surface area (Å²) >= 11 is 0. The quantitative estimate of drug-likeness (QED) is 0.787. The van der Waals surface area contributed by atoms with E-state index in [1.807, 2.05) is 38.6 Å². The number of imidazole rings is 1. The zero-order valence-electron chi connectivity index (χ0n) is 10.6. The van der Waals surface area contributed by atoms with Crippen molar-refractivity contribution in [1.29, 1.82) is 0 Å². The van der Waals surface area contributed by atoms with Crippen molar-refractivity contribution in [2.45, 2.75) is 33.6 Å². The van der Waals surface area contributed by atoms with Crippen LogP contribution in [0.4, 0.5) is 0 Å². The molecule has 0 aliphatic heterocycles. The topological polar surface area (TPSA) is 46.9 Å². The van der Waals surface area contributed by atoms with Crippen LogP contribution in [-0.2, 0) is 18.3 Å². The molecule has 0 saturated heterocycles. The average molecular weight is 223 g/mol. The number of aromatic nitrogens is 2. The first-order valence-corrected chi connectivity index (χ1v) is 5.66. The lowest BCUT2D eigenvalue weighted by molar-refractivity contribution is -0.128. The van der Waals surface area contributed by atoms with Gasteiger partial charge in [0.2, 0.25) is 5.91 Å². The van der Waals surface area contributed by atoms with Crippen molar-refractivity contribution in [2.24, 2.45) is 12.5 Å². The molecule has 1 aromatic heterocycles. The second-order valence-electron chi connectivity index (χ2n) is 5.06. The number of carbonyl (C=O) groups is 1. The SMILES string of the molecule is Cn1ccnc1CCCNC(=O)C(C)(C)C. The molecule has 1 amide bonds. The predicted molar refractivity (Wildman–Crippen MR) is 64.0 cm³/mol. The highest BCUT2D eigenvalue weighted by Crippen LogP contribution is 2.12. The van der Waals surface area contributed by atoms with Crippen LogP contribution < -0.4 is 5.32 Å². The van der Waals surface area contributed by atoms with Crippen LogP contribution in [0.25, 0.3) is 0 Å². The molecule has 90 valence electrons. The van der Waals surface area contributed by atoms with Crippen LogP contribution in [0.3, 0.4) is 0 Å². The normalized spacial score (nSPS) is 11.5. The highest BCUT2D eigenvalue weighted by molar-refractivity contribution is 5.81. The van der Waals surface area contributed by atoms with Crippen LogP contribution in [0, 0.1) is 5.41 Å². The smallest absolute Gasteiger partial charge is 0.225 e. The number of hydrogen-bond donors (Lipinski definition) is 1. The Labute approximate surface area is 97.1 Å². The van der Waals surface area contributed by atoms with E-state index in [1.165, 1.54) is 0 Å². The number of nitrogens with one attached hydrogen (secondary N) is 1. The van der Waals surface area contributed by atoms with Gasteiger partial charge in [-0.15, -0.1) is 0 Å². The number of amides is 1. The molecule has 0 aliphatic carbocycles. The Bertz CT molecular complexity index is 349. The lowest BCUT2D eigenvalue weighted by Gasteiger charge is -2.17. The molecule has 1 heterocycles. The van der Waals surface area contributed by atoms with Gasteiger partial charge in [0.1, 0.15) is 5.82 Å². The number of hydrogen-bond acceptors (Lipinski definition) is 2. The first kappa shape index (κ1) is 12.7. The van der Waals surface area contributed by atoms with E-state index in [9.17, 15) is 4.79 Å². The molecule has 0 atom stereocenters. The molecule has 0 bridgehead atoms. The molecule has 0 saturated carbocycles. The summed E-state index contributed by atoms with van der Waals surface area (Å²) in [7, 11) is 1.98. The standard InChI is InChI=1S/C12H21N3O/c1-12(2,3)11(16)14-7-5-6-10-13-8-9-15(10)4/h8-9H,5-7H2,1-4H3,(H,14,16). The third-order valence-electron chi connectivity index (χ3n) is 2.46. The van der Waals surface area contributed by atoms with Crippen LogP contribution in [0.1, 0.15) is 33.0 Å². The Morgan fingerprint density at radius 3 is 2.69 bits per heavy atom. The van der Waals surface area contributed by atoms with Crippen molar-refractivity contribution in [1.82, 2.24) is 14.9 Å². The minimum atomic E-state index is -0.302. The second kappa shape index (κ2) is 5.14. The number of carbonyl (C=O) groups excluding carboxylic acids is 1. The summed E-state index contributed by atoms with van der Waals surface area (Å²) in [6.45, 7) is 6.46. The van der Waals surface area contributed by atoms with Gasteiger partial charge in [-0.25, -0.2) is 4.98 Å². The maximum atomic E-state index is 11.6. The van der Waals surface area contributed by atoms with E-state index in [0.717, 1.165) is 18.7 Å². The maximum Gasteiger partial charge on any atom is 0.225 e. The summed E-state index contributed by atoms with van der Waals surface area (Å²) in [6, 6.07) is 0. The Morgan fingerprint density at radius 2 is 2.19 bits per heavy atom. The molecule has 0 aliphatic rings. The van der Waals surface area contributed by atoms with E-state index in [4.69, 9.17) is 0 Å². The monoisotopic (exact) mass is 223 g/mol. The molecule has 0 spiro atoms. The third kappa shape index (κ3) is 3.68. The van der Waals surface area contributed by atoms with Gasteiger partial charge in [0.25, 0.3) is 0 Å². The van der Waals surface area contributed by atoms with Crippen LogP contribution in [0.5, 0.6) is 0 Å². The van der Waals surface area contributed by atoms with Crippen molar-refractivity contribution in [3.63, 3.8) is 0 Å². The molecule has 4 nitrogen and oxygen atoms in total. The zero-order chi connectivity index (χ0) is 12.2. The molecule has 4 heteroatoms. The Hall–Kier alpha value is -1.32. The molecule has 1 rings (SSSR count). The summed E-state index contributed by atoms with van der Waals surface area (Å²) < 4.78 is 2.01. The molecule has 0 radical (unpaired) electrons. The van der Waals surface area contributed by atoms with Gasteiger partial charge in [-0.3, -0.25) is 4.79 Å². The van der Waals surface area contributed by atoms with Gasteiger partial charge in [-0.05, 0) is 6.42 Å². The molecule has 0 fully saturated rings. The average Bonchev–Trinajstić information content (AvgIpc) is 2.57. The first-order valence-electron chi connectivity index (χ1n) is 5.66. The van der Waals surface area contributed by atoms with E-state index in [0.29, 0.717) is 6.54 Å². The fourth-order valence-electron chi connectivity index (χ4n) is 1.35. The molecule has 0 aromatic carbocycles. The zero-order valence-corrected chi connectivity index (χ0v) is 10.6. The molecule has 0 unspecified atom stereocenters. The van der Waals surface area contributed by atoms with Crippen LogP contribution in [0.2, 0.25) is 0 Å². The molecule has 16 heavy (non-hydrogen) atoms. The van der Waals surface area contributed by atoms with Crippen LogP contribution >= 0.6 is 0 Å². The lowest BCUT2D eigenvalue weighted by atomic mass is 9.96. The molecular formula is C12H21N3O. The highest BCUT2D eigenvalue weighted by atomic mass is 16.2. The minimum Gasteiger partial charge on any atom is -0.356 e. The Balaban J connectivity index is 2.23. The Kier molecular flexibility index (Phi) is 4.10. The van der Waals surface area contributed by atoms with E-state index in [-0.39, 0.29) is 11.3 Å². The largest absolute Gasteiger partial charge is 0.356 e. The maximum absolute atomic E-state index is 11.6. The summed E-state index contributed by atoms with van der Waals surface area (Å²) in [5, 5.41) is 2.93.